The van der Waals surface area contributed by atoms with Gasteiger partial charge in [0.1, 0.15) is 11.5 Å². The Hall–Kier alpha value is -3.44. The highest BCUT2D eigenvalue weighted by molar-refractivity contribution is 5.94. The van der Waals surface area contributed by atoms with Crippen LogP contribution in [0.15, 0.2) is 42.6 Å². The zero-order valence-corrected chi connectivity index (χ0v) is 16.6. The molecule has 3 heterocycles. The number of carbonyl (C=O) groups is 1. The first kappa shape index (κ1) is 22.7. The van der Waals surface area contributed by atoms with Gasteiger partial charge in [-0.2, -0.15) is 31.4 Å². The van der Waals surface area contributed by atoms with Crippen LogP contribution in [-0.2, 0) is 18.9 Å². The minimum absolute atomic E-state index is 0.178. The number of fused-ring (bicyclic) bond motifs is 1. The van der Waals surface area contributed by atoms with Crippen LogP contribution in [0.25, 0.3) is 11.3 Å². The number of nitrogens with one attached hydrogen (secondary N) is 1. The van der Waals surface area contributed by atoms with Gasteiger partial charge in [-0.05, 0) is 49.2 Å². The van der Waals surface area contributed by atoms with E-state index in [0.29, 0.717) is 37.2 Å². The van der Waals surface area contributed by atoms with E-state index < -0.39 is 41.4 Å². The van der Waals surface area contributed by atoms with Crippen LogP contribution in [0, 0.1) is 5.82 Å². The van der Waals surface area contributed by atoms with Crippen LogP contribution < -0.4 is 5.32 Å². The molecule has 0 radical (unpaired) electrons. The third-order valence-electron chi connectivity index (χ3n) is 5.22. The zero-order chi connectivity index (χ0) is 24.0. The number of benzene rings is 1. The molecule has 1 aromatic carbocycles. The fraction of sp³-hybridized carbons (Fsp3) is 0.286. The van der Waals surface area contributed by atoms with E-state index in [0.717, 1.165) is 18.3 Å². The fourth-order valence-electron chi connectivity index (χ4n) is 3.64. The number of pyridine rings is 1. The van der Waals surface area contributed by atoms with Crippen LogP contribution in [-0.4, -0.2) is 20.7 Å². The maximum absolute atomic E-state index is 13.5. The Kier molecular flexibility index (Phi) is 5.62. The third-order valence-corrected chi connectivity index (χ3v) is 5.22. The molecule has 1 amide bonds. The molecule has 1 unspecified atom stereocenters. The van der Waals surface area contributed by atoms with E-state index in [2.05, 4.69) is 15.4 Å². The largest absolute Gasteiger partial charge is 0.433 e. The van der Waals surface area contributed by atoms with E-state index >= 15 is 0 Å². The van der Waals surface area contributed by atoms with Crippen molar-refractivity contribution in [2.75, 3.05) is 0 Å². The van der Waals surface area contributed by atoms with Gasteiger partial charge in [-0.15, -0.1) is 0 Å². The number of aromatic nitrogens is 3. The summed E-state index contributed by atoms with van der Waals surface area (Å²) in [6.07, 6.45) is -7.56. The summed E-state index contributed by atoms with van der Waals surface area (Å²) in [6, 6.07) is 5.06. The molecule has 0 bridgehead atoms. The number of amides is 1. The van der Waals surface area contributed by atoms with Gasteiger partial charge in [0.15, 0.2) is 0 Å². The second-order valence-electron chi connectivity index (χ2n) is 7.47. The average Bonchev–Trinajstić information content (AvgIpc) is 3.18. The number of carbonyl (C=O) groups excluding carboxylic acids is 1. The second-order valence-corrected chi connectivity index (χ2v) is 7.47. The highest BCUT2D eigenvalue weighted by atomic mass is 19.4. The first-order valence-electron chi connectivity index (χ1n) is 9.72. The summed E-state index contributed by atoms with van der Waals surface area (Å²) in [7, 11) is 0. The minimum atomic E-state index is -4.96. The van der Waals surface area contributed by atoms with Gasteiger partial charge >= 0.3 is 12.4 Å². The molecule has 33 heavy (non-hydrogen) atoms. The number of aryl methyl sites for hydroxylation is 1. The number of hydrogen-bond donors (Lipinski definition) is 1. The third kappa shape index (κ3) is 4.69. The van der Waals surface area contributed by atoms with Gasteiger partial charge in [0, 0.05) is 23.9 Å². The van der Waals surface area contributed by atoms with Crippen LogP contribution in [0.2, 0.25) is 0 Å². The number of hydrogen-bond acceptors (Lipinski definition) is 3. The van der Waals surface area contributed by atoms with Crippen LogP contribution >= 0.6 is 0 Å². The predicted octanol–water partition coefficient (Wildman–Crippen LogP) is 5.39. The van der Waals surface area contributed by atoms with Gasteiger partial charge in [0.05, 0.1) is 23.0 Å². The molecule has 1 atom stereocenters. The summed E-state index contributed by atoms with van der Waals surface area (Å²) in [4.78, 5) is 15.9. The van der Waals surface area contributed by atoms with Gasteiger partial charge in [0.2, 0.25) is 0 Å². The van der Waals surface area contributed by atoms with Gasteiger partial charge in [-0.3, -0.25) is 14.5 Å². The lowest BCUT2D eigenvalue weighted by atomic mass is 10.0. The predicted molar refractivity (Wildman–Crippen MR) is 101 cm³/mol. The Morgan fingerprint density at radius 1 is 1.03 bits per heavy atom. The van der Waals surface area contributed by atoms with Crippen molar-refractivity contribution in [2.24, 2.45) is 0 Å². The van der Waals surface area contributed by atoms with E-state index in [-0.39, 0.29) is 16.8 Å². The molecule has 1 aliphatic heterocycles. The highest BCUT2D eigenvalue weighted by Crippen LogP contribution is 2.34. The smallest absolute Gasteiger partial charge is 0.344 e. The molecular formula is C21H15F7N4O. The molecular weight excluding hydrogens is 457 g/mol. The summed E-state index contributed by atoms with van der Waals surface area (Å²) in [6.45, 7) is 0.452. The topological polar surface area (TPSA) is 59.8 Å². The lowest BCUT2D eigenvalue weighted by Crippen LogP contribution is -2.33. The Labute approximate surface area is 182 Å². The van der Waals surface area contributed by atoms with Crippen molar-refractivity contribution in [3.8, 4) is 11.3 Å². The summed E-state index contributed by atoms with van der Waals surface area (Å²) in [5.74, 6) is -2.33. The normalized spacial score (nSPS) is 16.4. The van der Waals surface area contributed by atoms with E-state index in [1.807, 2.05) is 0 Å². The monoisotopic (exact) mass is 472 g/mol. The Bertz CT molecular complexity index is 1200. The Balaban J connectivity index is 1.60. The molecule has 174 valence electrons. The molecule has 3 aromatic rings. The molecule has 0 saturated heterocycles. The van der Waals surface area contributed by atoms with E-state index in [1.54, 1.807) is 0 Å². The SMILES string of the molecule is O=C(NC1CCCn2nc(-c3ccnc(C(F)(F)F)c3)cc21)c1ccc(F)c(C(F)(F)F)c1. The molecule has 0 aliphatic carbocycles. The first-order valence-corrected chi connectivity index (χ1v) is 9.72. The van der Waals surface area contributed by atoms with Gasteiger partial charge in [-0.25, -0.2) is 4.39 Å². The quantitative estimate of drug-likeness (QED) is 0.521. The molecule has 0 spiro atoms. The van der Waals surface area contributed by atoms with Crippen molar-refractivity contribution < 1.29 is 35.5 Å². The number of nitrogens with zero attached hydrogens (tertiary/aromatic N) is 3. The van der Waals surface area contributed by atoms with E-state index in [4.69, 9.17) is 0 Å². The second kappa shape index (κ2) is 8.16. The van der Waals surface area contributed by atoms with Crippen molar-refractivity contribution in [1.29, 1.82) is 0 Å². The van der Waals surface area contributed by atoms with E-state index in [1.165, 1.54) is 16.8 Å². The van der Waals surface area contributed by atoms with Crippen LogP contribution in [0.4, 0.5) is 30.7 Å². The summed E-state index contributed by atoms with van der Waals surface area (Å²) in [5, 5.41) is 6.91. The van der Waals surface area contributed by atoms with E-state index in [9.17, 15) is 35.5 Å². The van der Waals surface area contributed by atoms with Crippen molar-refractivity contribution >= 4 is 5.91 Å². The van der Waals surface area contributed by atoms with Gasteiger partial charge < -0.3 is 5.32 Å². The maximum atomic E-state index is 13.5. The van der Waals surface area contributed by atoms with Crippen LogP contribution in [0.5, 0.6) is 0 Å². The number of halogens is 7. The minimum Gasteiger partial charge on any atom is -0.344 e. The standard InChI is InChI=1S/C21H15F7N4O/c22-14-4-3-12(8-13(14)20(23,24)25)19(33)30-15-2-1-7-32-17(15)10-16(31-32)11-5-6-29-18(9-11)21(26,27)28/h3-6,8-10,15H,1-2,7H2,(H,30,33). The van der Waals surface area contributed by atoms with Gasteiger partial charge in [-0.1, -0.05) is 0 Å². The molecule has 12 heteroatoms. The Morgan fingerprint density at radius 2 is 1.79 bits per heavy atom. The fourth-order valence-corrected chi connectivity index (χ4v) is 3.64. The summed E-state index contributed by atoms with van der Waals surface area (Å²) in [5.41, 5.74) is -2.09. The zero-order valence-electron chi connectivity index (χ0n) is 16.6. The molecule has 0 saturated carbocycles. The summed E-state index contributed by atoms with van der Waals surface area (Å²) >= 11 is 0. The van der Waals surface area contributed by atoms with Gasteiger partial charge in [0.25, 0.3) is 5.91 Å². The van der Waals surface area contributed by atoms with Crippen molar-refractivity contribution in [3.63, 3.8) is 0 Å². The number of alkyl halides is 6. The molecule has 1 N–H and O–H groups in total. The van der Waals surface area contributed by atoms with Crippen molar-refractivity contribution in [3.05, 3.63) is 70.9 Å². The maximum Gasteiger partial charge on any atom is 0.433 e. The van der Waals surface area contributed by atoms with Crippen LogP contribution in [0.1, 0.15) is 46.2 Å². The lowest BCUT2D eigenvalue weighted by molar-refractivity contribution is -0.141. The highest BCUT2D eigenvalue weighted by Gasteiger charge is 2.35. The summed E-state index contributed by atoms with van der Waals surface area (Å²) < 4.78 is 92.8. The first-order chi connectivity index (χ1) is 15.4. The molecule has 2 aromatic heterocycles. The average molecular weight is 472 g/mol. The number of rotatable bonds is 3. The molecule has 0 fully saturated rings. The Morgan fingerprint density at radius 3 is 2.48 bits per heavy atom. The van der Waals surface area contributed by atoms with Crippen molar-refractivity contribution in [2.45, 2.75) is 37.8 Å². The van der Waals surface area contributed by atoms with Crippen molar-refractivity contribution in [1.82, 2.24) is 20.1 Å². The molecule has 5 nitrogen and oxygen atoms in total. The molecule has 4 rings (SSSR count). The molecule has 1 aliphatic rings. The lowest BCUT2D eigenvalue weighted by Gasteiger charge is -2.24. The van der Waals surface area contributed by atoms with Crippen LogP contribution in [0.3, 0.4) is 0 Å².